The van der Waals surface area contributed by atoms with E-state index >= 15 is 0 Å². The summed E-state index contributed by atoms with van der Waals surface area (Å²) in [4.78, 5) is 11.7. The van der Waals surface area contributed by atoms with Crippen LogP contribution in [0.25, 0.3) is 11.5 Å². The third-order valence-electron chi connectivity index (χ3n) is 3.43. The predicted octanol–water partition coefficient (Wildman–Crippen LogP) is 1.84. The minimum Gasteiger partial charge on any atom is -0.460 e. The standard InChI is InChI=1S/C15H22N4O2/c1-10-5-6-12(21-10)13-11(8-18-19-13)7-17-9-15(2,3)14(20)16-4/h5-6,8,17H,7,9H2,1-4H3,(H,16,20)(H,18,19). The van der Waals surface area contributed by atoms with Crippen LogP contribution >= 0.6 is 0 Å². The van der Waals surface area contributed by atoms with Gasteiger partial charge in [0.25, 0.3) is 0 Å². The Morgan fingerprint density at radius 3 is 2.81 bits per heavy atom. The lowest BCUT2D eigenvalue weighted by Gasteiger charge is -2.22. The van der Waals surface area contributed by atoms with Crippen molar-refractivity contribution in [2.75, 3.05) is 13.6 Å². The van der Waals surface area contributed by atoms with Crippen molar-refractivity contribution in [1.82, 2.24) is 20.8 Å². The summed E-state index contributed by atoms with van der Waals surface area (Å²) in [6.45, 7) is 6.92. The van der Waals surface area contributed by atoms with Gasteiger partial charge < -0.3 is 15.1 Å². The molecule has 2 heterocycles. The molecule has 114 valence electrons. The van der Waals surface area contributed by atoms with E-state index in [0.29, 0.717) is 13.1 Å². The molecule has 2 aromatic heterocycles. The van der Waals surface area contributed by atoms with Gasteiger partial charge in [-0.3, -0.25) is 9.89 Å². The van der Waals surface area contributed by atoms with Crippen molar-refractivity contribution in [2.45, 2.75) is 27.3 Å². The molecule has 0 aliphatic rings. The molecule has 3 N–H and O–H groups in total. The smallest absolute Gasteiger partial charge is 0.226 e. The Kier molecular flexibility index (Phi) is 4.47. The van der Waals surface area contributed by atoms with Crippen molar-refractivity contribution >= 4 is 5.91 Å². The lowest BCUT2D eigenvalue weighted by atomic mass is 9.92. The van der Waals surface area contributed by atoms with E-state index in [1.54, 1.807) is 13.2 Å². The van der Waals surface area contributed by atoms with Crippen LogP contribution in [0, 0.1) is 12.3 Å². The van der Waals surface area contributed by atoms with Crippen molar-refractivity contribution in [1.29, 1.82) is 0 Å². The average Bonchev–Trinajstić information content (AvgIpc) is 3.06. The van der Waals surface area contributed by atoms with Crippen LogP contribution in [-0.2, 0) is 11.3 Å². The van der Waals surface area contributed by atoms with Gasteiger partial charge in [-0.05, 0) is 32.9 Å². The number of aryl methyl sites for hydroxylation is 1. The number of nitrogens with one attached hydrogen (secondary N) is 3. The van der Waals surface area contributed by atoms with E-state index in [4.69, 9.17) is 4.42 Å². The van der Waals surface area contributed by atoms with Gasteiger partial charge in [-0.2, -0.15) is 5.10 Å². The SMILES string of the molecule is CNC(=O)C(C)(C)CNCc1cn[nH]c1-c1ccc(C)o1. The summed E-state index contributed by atoms with van der Waals surface area (Å²) in [5, 5.41) is 13.0. The molecule has 2 aromatic rings. The van der Waals surface area contributed by atoms with E-state index < -0.39 is 5.41 Å². The Balaban J connectivity index is 1.99. The van der Waals surface area contributed by atoms with Crippen LogP contribution in [0.1, 0.15) is 25.2 Å². The zero-order valence-electron chi connectivity index (χ0n) is 12.9. The Morgan fingerprint density at radius 2 is 2.19 bits per heavy atom. The van der Waals surface area contributed by atoms with Gasteiger partial charge in [0.2, 0.25) is 5.91 Å². The van der Waals surface area contributed by atoms with Crippen LogP contribution in [0.2, 0.25) is 0 Å². The first kappa shape index (κ1) is 15.3. The molecular weight excluding hydrogens is 268 g/mol. The first-order chi connectivity index (χ1) is 9.94. The van der Waals surface area contributed by atoms with Crippen molar-refractivity contribution in [3.63, 3.8) is 0 Å². The quantitative estimate of drug-likeness (QED) is 0.758. The van der Waals surface area contributed by atoms with Crippen LogP contribution in [0.3, 0.4) is 0 Å². The molecule has 0 atom stereocenters. The van der Waals surface area contributed by atoms with Crippen LogP contribution in [0.15, 0.2) is 22.7 Å². The van der Waals surface area contributed by atoms with Gasteiger partial charge in [0.15, 0.2) is 5.76 Å². The fourth-order valence-corrected chi connectivity index (χ4v) is 2.16. The van der Waals surface area contributed by atoms with Gasteiger partial charge in [-0.25, -0.2) is 0 Å². The molecule has 0 bridgehead atoms. The molecule has 0 spiro atoms. The highest BCUT2D eigenvalue weighted by Gasteiger charge is 2.26. The van der Waals surface area contributed by atoms with Crippen LogP contribution < -0.4 is 10.6 Å². The lowest BCUT2D eigenvalue weighted by Crippen LogP contribution is -2.41. The normalized spacial score (nSPS) is 11.6. The summed E-state index contributed by atoms with van der Waals surface area (Å²) in [7, 11) is 1.65. The number of furan rings is 1. The minimum atomic E-state index is -0.458. The van der Waals surface area contributed by atoms with Crippen LogP contribution in [0.4, 0.5) is 0 Å². The third kappa shape index (κ3) is 3.52. The molecule has 0 fully saturated rings. The van der Waals surface area contributed by atoms with Crippen LogP contribution in [0.5, 0.6) is 0 Å². The van der Waals surface area contributed by atoms with Gasteiger partial charge in [0, 0.05) is 25.7 Å². The monoisotopic (exact) mass is 290 g/mol. The fourth-order valence-electron chi connectivity index (χ4n) is 2.16. The Hall–Kier alpha value is -2.08. The van der Waals surface area contributed by atoms with Crippen molar-refractivity contribution in [3.8, 4) is 11.5 Å². The third-order valence-corrected chi connectivity index (χ3v) is 3.43. The molecule has 1 amide bonds. The van der Waals surface area contributed by atoms with Gasteiger partial charge in [-0.1, -0.05) is 0 Å². The first-order valence-electron chi connectivity index (χ1n) is 6.96. The number of hydrogen-bond donors (Lipinski definition) is 3. The van der Waals surface area contributed by atoms with Gasteiger partial charge in [-0.15, -0.1) is 0 Å². The molecule has 6 nitrogen and oxygen atoms in total. The molecule has 0 aliphatic heterocycles. The number of nitrogens with zero attached hydrogens (tertiary/aromatic N) is 1. The first-order valence-corrected chi connectivity index (χ1v) is 6.96. The molecule has 0 radical (unpaired) electrons. The molecule has 0 aliphatic carbocycles. The van der Waals surface area contributed by atoms with Crippen molar-refractivity contribution in [3.05, 3.63) is 29.7 Å². The highest BCUT2D eigenvalue weighted by Crippen LogP contribution is 2.23. The van der Waals surface area contributed by atoms with E-state index in [0.717, 1.165) is 22.8 Å². The molecule has 21 heavy (non-hydrogen) atoms. The van der Waals surface area contributed by atoms with E-state index in [9.17, 15) is 4.79 Å². The maximum absolute atomic E-state index is 11.7. The number of rotatable bonds is 6. The highest BCUT2D eigenvalue weighted by atomic mass is 16.3. The van der Waals surface area contributed by atoms with Crippen molar-refractivity contribution < 1.29 is 9.21 Å². The van der Waals surface area contributed by atoms with E-state index in [1.807, 2.05) is 32.9 Å². The Morgan fingerprint density at radius 1 is 1.43 bits per heavy atom. The Labute approximate surface area is 124 Å². The van der Waals surface area contributed by atoms with E-state index in [2.05, 4.69) is 20.8 Å². The minimum absolute atomic E-state index is 0.0177. The molecule has 6 heteroatoms. The predicted molar refractivity (Wildman–Crippen MR) is 80.6 cm³/mol. The average molecular weight is 290 g/mol. The number of carbonyl (C=O) groups is 1. The summed E-state index contributed by atoms with van der Waals surface area (Å²) in [5.41, 5.74) is 1.42. The Bertz CT molecular complexity index is 613. The molecule has 0 saturated carbocycles. The summed E-state index contributed by atoms with van der Waals surface area (Å²) < 4.78 is 5.61. The number of aromatic amines is 1. The molecule has 0 unspecified atom stereocenters. The van der Waals surface area contributed by atoms with Gasteiger partial charge >= 0.3 is 0 Å². The number of aromatic nitrogens is 2. The number of hydrogen-bond acceptors (Lipinski definition) is 4. The maximum Gasteiger partial charge on any atom is 0.226 e. The highest BCUT2D eigenvalue weighted by molar-refractivity contribution is 5.81. The van der Waals surface area contributed by atoms with Gasteiger partial charge in [0.1, 0.15) is 11.5 Å². The topological polar surface area (TPSA) is 83.0 Å². The number of carbonyl (C=O) groups excluding carboxylic acids is 1. The molecule has 0 aromatic carbocycles. The maximum atomic E-state index is 11.7. The fraction of sp³-hybridized carbons (Fsp3) is 0.467. The second kappa shape index (κ2) is 6.13. The lowest BCUT2D eigenvalue weighted by molar-refractivity contribution is -0.128. The number of amides is 1. The zero-order chi connectivity index (χ0) is 15.5. The summed E-state index contributed by atoms with van der Waals surface area (Å²) in [5.74, 6) is 1.65. The van der Waals surface area contributed by atoms with E-state index in [-0.39, 0.29) is 5.91 Å². The summed E-state index contributed by atoms with van der Waals surface area (Å²) in [6.07, 6.45) is 1.77. The molecule has 2 rings (SSSR count). The summed E-state index contributed by atoms with van der Waals surface area (Å²) >= 11 is 0. The van der Waals surface area contributed by atoms with Gasteiger partial charge in [0.05, 0.1) is 11.6 Å². The second-order valence-corrected chi connectivity index (χ2v) is 5.75. The molecule has 0 saturated heterocycles. The molecular formula is C15H22N4O2. The largest absolute Gasteiger partial charge is 0.460 e. The number of H-pyrrole nitrogens is 1. The summed E-state index contributed by atoms with van der Waals surface area (Å²) in [6, 6.07) is 3.84. The van der Waals surface area contributed by atoms with Crippen molar-refractivity contribution in [2.24, 2.45) is 5.41 Å². The van der Waals surface area contributed by atoms with Crippen LogP contribution in [-0.4, -0.2) is 29.7 Å². The second-order valence-electron chi connectivity index (χ2n) is 5.75. The van der Waals surface area contributed by atoms with E-state index in [1.165, 1.54) is 0 Å². The zero-order valence-corrected chi connectivity index (χ0v) is 12.9.